The minimum absolute atomic E-state index is 0.0470. The molecular formula is C19H18ClNO. The van der Waals surface area contributed by atoms with Crippen molar-refractivity contribution in [3.05, 3.63) is 82.4 Å². The second-order valence-electron chi connectivity index (χ2n) is 4.89. The van der Waals surface area contributed by atoms with E-state index in [1.54, 1.807) is 30.4 Å². The molecule has 22 heavy (non-hydrogen) atoms. The van der Waals surface area contributed by atoms with Gasteiger partial charge in [-0.05, 0) is 48.0 Å². The molecule has 0 unspecified atom stereocenters. The largest absolute Gasteiger partial charge is 0.316 e. The zero-order valence-corrected chi connectivity index (χ0v) is 13.2. The minimum Gasteiger partial charge on any atom is -0.316 e. The SMILES string of the molecule is CNCc1ccc(C=CC(=O)C=Cc2ccc(Cl)cc2)cc1. The molecule has 0 aromatic heterocycles. The fourth-order valence-corrected chi connectivity index (χ4v) is 2.06. The van der Waals surface area contributed by atoms with Gasteiger partial charge in [0, 0.05) is 11.6 Å². The van der Waals surface area contributed by atoms with E-state index in [1.165, 1.54) is 5.56 Å². The number of carbonyl (C=O) groups excluding carboxylic acids is 1. The molecule has 3 heteroatoms. The maximum absolute atomic E-state index is 11.8. The summed E-state index contributed by atoms with van der Waals surface area (Å²) in [5, 5.41) is 3.79. The van der Waals surface area contributed by atoms with E-state index in [4.69, 9.17) is 11.6 Å². The molecule has 0 bridgehead atoms. The maximum atomic E-state index is 11.8. The number of hydrogen-bond acceptors (Lipinski definition) is 2. The second-order valence-corrected chi connectivity index (χ2v) is 5.33. The van der Waals surface area contributed by atoms with Gasteiger partial charge in [-0.3, -0.25) is 4.79 Å². The van der Waals surface area contributed by atoms with Crippen LogP contribution in [0.5, 0.6) is 0 Å². The monoisotopic (exact) mass is 311 g/mol. The molecule has 0 fully saturated rings. The lowest BCUT2D eigenvalue weighted by molar-refractivity contribution is -0.110. The van der Waals surface area contributed by atoms with Crippen LogP contribution < -0.4 is 5.32 Å². The molecule has 0 heterocycles. The van der Waals surface area contributed by atoms with Gasteiger partial charge < -0.3 is 5.32 Å². The first-order chi connectivity index (χ1) is 10.7. The van der Waals surface area contributed by atoms with Gasteiger partial charge in [-0.15, -0.1) is 0 Å². The van der Waals surface area contributed by atoms with Crippen LogP contribution in [0.25, 0.3) is 12.2 Å². The molecule has 2 rings (SSSR count). The Morgan fingerprint density at radius 2 is 1.45 bits per heavy atom. The highest BCUT2D eigenvalue weighted by molar-refractivity contribution is 6.30. The molecule has 0 saturated carbocycles. The quantitative estimate of drug-likeness (QED) is 0.803. The predicted molar refractivity (Wildman–Crippen MR) is 93.7 cm³/mol. The van der Waals surface area contributed by atoms with E-state index in [2.05, 4.69) is 5.32 Å². The minimum atomic E-state index is -0.0470. The molecule has 0 amide bonds. The third-order valence-corrected chi connectivity index (χ3v) is 3.36. The number of allylic oxidation sites excluding steroid dienone is 2. The lowest BCUT2D eigenvalue weighted by Gasteiger charge is -1.99. The Hall–Kier alpha value is -2.16. The summed E-state index contributed by atoms with van der Waals surface area (Å²) in [5.74, 6) is -0.0470. The Morgan fingerprint density at radius 3 is 1.95 bits per heavy atom. The standard InChI is InChI=1S/C19H18ClNO/c1-21-14-17-4-2-15(3-5-17)8-12-19(22)13-9-16-6-10-18(20)11-7-16/h2-13,21H,14H2,1H3. The van der Waals surface area contributed by atoms with Crippen molar-refractivity contribution in [3.63, 3.8) is 0 Å². The highest BCUT2D eigenvalue weighted by Gasteiger charge is 1.93. The first-order valence-corrected chi connectivity index (χ1v) is 7.44. The summed E-state index contributed by atoms with van der Waals surface area (Å²) < 4.78 is 0. The summed E-state index contributed by atoms with van der Waals surface area (Å²) in [7, 11) is 1.92. The van der Waals surface area contributed by atoms with E-state index in [-0.39, 0.29) is 5.78 Å². The fourth-order valence-electron chi connectivity index (χ4n) is 1.94. The number of ketones is 1. The van der Waals surface area contributed by atoms with E-state index >= 15 is 0 Å². The third kappa shape index (κ3) is 5.32. The third-order valence-electron chi connectivity index (χ3n) is 3.11. The molecule has 0 aliphatic rings. The van der Waals surface area contributed by atoms with Crippen LogP contribution >= 0.6 is 11.6 Å². The predicted octanol–water partition coefficient (Wildman–Crippen LogP) is 4.36. The van der Waals surface area contributed by atoms with Crippen molar-refractivity contribution in [3.8, 4) is 0 Å². The van der Waals surface area contributed by atoms with E-state index in [0.29, 0.717) is 5.02 Å². The average Bonchev–Trinajstić information content (AvgIpc) is 2.54. The molecule has 2 nitrogen and oxygen atoms in total. The summed E-state index contributed by atoms with van der Waals surface area (Å²) >= 11 is 5.82. The smallest absolute Gasteiger partial charge is 0.178 e. The van der Waals surface area contributed by atoms with Gasteiger partial charge in [0.15, 0.2) is 5.78 Å². The number of halogens is 1. The normalized spacial score (nSPS) is 11.4. The van der Waals surface area contributed by atoms with E-state index < -0.39 is 0 Å². The highest BCUT2D eigenvalue weighted by Crippen LogP contribution is 2.11. The lowest BCUT2D eigenvalue weighted by Crippen LogP contribution is -2.04. The Bertz CT molecular complexity index is 670. The Morgan fingerprint density at radius 1 is 0.955 bits per heavy atom. The van der Waals surface area contributed by atoms with Crippen molar-refractivity contribution in [2.24, 2.45) is 0 Å². The van der Waals surface area contributed by atoms with Gasteiger partial charge >= 0.3 is 0 Å². The fraction of sp³-hybridized carbons (Fsp3) is 0.105. The summed E-state index contributed by atoms with van der Waals surface area (Å²) in [6.07, 6.45) is 6.71. The van der Waals surface area contributed by atoms with Crippen molar-refractivity contribution < 1.29 is 4.79 Å². The number of carbonyl (C=O) groups is 1. The summed E-state index contributed by atoms with van der Waals surface area (Å²) in [5.41, 5.74) is 3.17. The average molecular weight is 312 g/mol. The van der Waals surface area contributed by atoms with Crippen LogP contribution in [0.2, 0.25) is 5.02 Å². The molecule has 112 valence electrons. The van der Waals surface area contributed by atoms with Crippen LogP contribution in [0.3, 0.4) is 0 Å². The molecule has 2 aromatic rings. The number of hydrogen-bond donors (Lipinski definition) is 1. The topological polar surface area (TPSA) is 29.1 Å². The van der Waals surface area contributed by atoms with E-state index in [0.717, 1.165) is 17.7 Å². The summed E-state index contributed by atoms with van der Waals surface area (Å²) in [6, 6.07) is 15.4. The molecule has 0 atom stereocenters. The van der Waals surface area contributed by atoms with Gasteiger partial charge in [0.2, 0.25) is 0 Å². The molecule has 2 aromatic carbocycles. The zero-order valence-electron chi connectivity index (χ0n) is 12.4. The number of benzene rings is 2. The van der Waals surface area contributed by atoms with Crippen LogP contribution in [0.4, 0.5) is 0 Å². The van der Waals surface area contributed by atoms with Crippen LogP contribution in [0.1, 0.15) is 16.7 Å². The van der Waals surface area contributed by atoms with Crippen LogP contribution in [0, 0.1) is 0 Å². The molecule has 1 N–H and O–H groups in total. The Labute approximate surface area is 136 Å². The first kappa shape index (κ1) is 16.2. The molecule has 0 aliphatic carbocycles. The van der Waals surface area contributed by atoms with Crippen molar-refractivity contribution in [1.82, 2.24) is 5.32 Å². The van der Waals surface area contributed by atoms with Gasteiger partial charge in [-0.1, -0.05) is 60.2 Å². The lowest BCUT2D eigenvalue weighted by atomic mass is 10.1. The van der Waals surface area contributed by atoms with Crippen molar-refractivity contribution >= 4 is 29.5 Å². The second kappa shape index (κ2) is 8.32. The van der Waals surface area contributed by atoms with E-state index in [1.807, 2.05) is 49.5 Å². The molecule has 0 saturated heterocycles. The van der Waals surface area contributed by atoms with Gasteiger partial charge in [0.25, 0.3) is 0 Å². The summed E-state index contributed by atoms with van der Waals surface area (Å²) in [6.45, 7) is 0.840. The first-order valence-electron chi connectivity index (χ1n) is 7.06. The molecular weight excluding hydrogens is 294 g/mol. The van der Waals surface area contributed by atoms with Crippen molar-refractivity contribution in [1.29, 1.82) is 0 Å². The van der Waals surface area contributed by atoms with E-state index in [9.17, 15) is 4.79 Å². The van der Waals surface area contributed by atoms with Crippen LogP contribution in [0.15, 0.2) is 60.7 Å². The molecule has 0 spiro atoms. The van der Waals surface area contributed by atoms with Crippen molar-refractivity contribution in [2.45, 2.75) is 6.54 Å². The van der Waals surface area contributed by atoms with Gasteiger partial charge in [0.05, 0.1) is 0 Å². The molecule has 0 radical (unpaired) electrons. The number of nitrogens with one attached hydrogen (secondary N) is 1. The number of rotatable bonds is 6. The van der Waals surface area contributed by atoms with Gasteiger partial charge in [-0.25, -0.2) is 0 Å². The molecule has 0 aliphatic heterocycles. The van der Waals surface area contributed by atoms with Crippen molar-refractivity contribution in [2.75, 3.05) is 7.05 Å². The summed E-state index contributed by atoms with van der Waals surface area (Å²) in [4.78, 5) is 11.8. The maximum Gasteiger partial charge on any atom is 0.178 e. The Balaban J connectivity index is 1.94. The van der Waals surface area contributed by atoms with Crippen LogP contribution in [-0.4, -0.2) is 12.8 Å². The zero-order chi connectivity index (χ0) is 15.8. The van der Waals surface area contributed by atoms with Gasteiger partial charge in [-0.2, -0.15) is 0 Å². The van der Waals surface area contributed by atoms with Gasteiger partial charge in [0.1, 0.15) is 0 Å². The van der Waals surface area contributed by atoms with Crippen LogP contribution in [-0.2, 0) is 11.3 Å². The Kier molecular flexibility index (Phi) is 6.13. The highest BCUT2D eigenvalue weighted by atomic mass is 35.5.